The number of benzene rings is 1. The van der Waals surface area contributed by atoms with Gasteiger partial charge in [0.25, 0.3) is 5.91 Å². The highest BCUT2D eigenvalue weighted by atomic mass is 32.2. The SMILES string of the molecule is CSc1ncccc1C(=O)N1CCC(CNC(=O)Nc2cccc(C)c2)CC1. The lowest BCUT2D eigenvalue weighted by molar-refractivity contribution is 0.0686. The summed E-state index contributed by atoms with van der Waals surface area (Å²) in [6.45, 7) is 4.01. The van der Waals surface area contributed by atoms with Gasteiger partial charge in [0, 0.05) is 31.5 Å². The van der Waals surface area contributed by atoms with E-state index in [1.165, 1.54) is 11.8 Å². The predicted octanol–water partition coefficient (Wildman–Crippen LogP) is 3.79. The number of thioether (sulfide) groups is 1. The molecule has 0 saturated carbocycles. The Morgan fingerprint density at radius 2 is 2.00 bits per heavy atom. The van der Waals surface area contributed by atoms with Crippen LogP contribution in [0.3, 0.4) is 0 Å². The standard InChI is InChI=1S/C21H26N4O2S/c1-15-5-3-6-17(13-15)24-21(27)23-14-16-8-11-25(12-9-16)20(26)18-7-4-10-22-19(18)28-2/h3-7,10,13,16H,8-9,11-12,14H2,1-2H3,(H2,23,24,27). The van der Waals surface area contributed by atoms with Gasteiger partial charge in [0.05, 0.1) is 5.56 Å². The number of hydrogen-bond donors (Lipinski definition) is 2. The summed E-state index contributed by atoms with van der Waals surface area (Å²) in [5.41, 5.74) is 2.57. The van der Waals surface area contributed by atoms with E-state index < -0.39 is 0 Å². The molecule has 0 radical (unpaired) electrons. The van der Waals surface area contributed by atoms with Gasteiger partial charge in [0.1, 0.15) is 5.03 Å². The predicted molar refractivity (Wildman–Crippen MR) is 113 cm³/mol. The van der Waals surface area contributed by atoms with E-state index in [1.54, 1.807) is 12.3 Å². The molecule has 3 rings (SSSR count). The average molecular weight is 399 g/mol. The third kappa shape index (κ3) is 5.25. The summed E-state index contributed by atoms with van der Waals surface area (Å²) in [7, 11) is 0. The quantitative estimate of drug-likeness (QED) is 0.752. The van der Waals surface area contributed by atoms with E-state index in [-0.39, 0.29) is 11.9 Å². The second-order valence-corrected chi connectivity index (χ2v) is 7.80. The fraction of sp³-hybridized carbons (Fsp3) is 0.381. The number of anilines is 1. The molecule has 148 valence electrons. The molecule has 0 atom stereocenters. The minimum atomic E-state index is -0.191. The number of nitrogens with zero attached hydrogens (tertiary/aromatic N) is 2. The molecule has 1 fully saturated rings. The third-order valence-electron chi connectivity index (χ3n) is 4.92. The second kappa shape index (κ2) is 9.59. The number of aryl methyl sites for hydroxylation is 1. The van der Waals surface area contributed by atoms with Gasteiger partial charge in [0.15, 0.2) is 0 Å². The Morgan fingerprint density at radius 3 is 2.71 bits per heavy atom. The van der Waals surface area contributed by atoms with E-state index in [2.05, 4.69) is 15.6 Å². The molecule has 0 spiro atoms. The molecule has 0 aliphatic carbocycles. The van der Waals surface area contributed by atoms with E-state index >= 15 is 0 Å². The molecule has 1 aliphatic heterocycles. The first-order valence-electron chi connectivity index (χ1n) is 9.46. The zero-order valence-electron chi connectivity index (χ0n) is 16.3. The highest BCUT2D eigenvalue weighted by Gasteiger charge is 2.25. The Labute approximate surface area is 170 Å². The summed E-state index contributed by atoms with van der Waals surface area (Å²) in [5, 5.41) is 6.57. The number of nitrogens with one attached hydrogen (secondary N) is 2. The van der Waals surface area contributed by atoms with Gasteiger partial charge < -0.3 is 15.5 Å². The molecule has 0 bridgehead atoms. The minimum Gasteiger partial charge on any atom is -0.339 e. The van der Waals surface area contributed by atoms with Crippen LogP contribution in [0.2, 0.25) is 0 Å². The highest BCUT2D eigenvalue weighted by Crippen LogP contribution is 2.22. The number of carbonyl (C=O) groups is 2. The van der Waals surface area contributed by atoms with E-state index in [1.807, 2.05) is 48.4 Å². The average Bonchev–Trinajstić information content (AvgIpc) is 2.72. The van der Waals surface area contributed by atoms with E-state index in [0.29, 0.717) is 31.1 Å². The number of likely N-dealkylation sites (tertiary alicyclic amines) is 1. The summed E-state index contributed by atoms with van der Waals surface area (Å²) in [6, 6.07) is 11.2. The van der Waals surface area contributed by atoms with Crippen molar-refractivity contribution in [3.8, 4) is 0 Å². The number of amides is 3. The second-order valence-electron chi connectivity index (χ2n) is 7.00. The molecule has 2 heterocycles. The Hall–Kier alpha value is -2.54. The van der Waals surface area contributed by atoms with Crippen LogP contribution in [0.1, 0.15) is 28.8 Å². The van der Waals surface area contributed by atoms with Gasteiger partial charge in [-0.15, -0.1) is 11.8 Å². The summed E-state index contributed by atoms with van der Waals surface area (Å²) in [4.78, 5) is 31.0. The number of pyridine rings is 1. The van der Waals surface area contributed by atoms with Gasteiger partial charge in [-0.05, 0) is 61.8 Å². The van der Waals surface area contributed by atoms with Crippen molar-refractivity contribution in [1.82, 2.24) is 15.2 Å². The maximum absolute atomic E-state index is 12.8. The molecule has 0 unspecified atom stereocenters. The minimum absolute atomic E-state index is 0.0426. The largest absolute Gasteiger partial charge is 0.339 e. The van der Waals surface area contributed by atoms with Crippen LogP contribution < -0.4 is 10.6 Å². The van der Waals surface area contributed by atoms with Crippen LogP contribution in [0.5, 0.6) is 0 Å². The molecule has 2 aromatic rings. The lowest BCUT2D eigenvalue weighted by Crippen LogP contribution is -2.42. The Morgan fingerprint density at radius 1 is 1.21 bits per heavy atom. The maximum Gasteiger partial charge on any atom is 0.319 e. The zero-order valence-corrected chi connectivity index (χ0v) is 17.1. The molecule has 1 aromatic heterocycles. The molecule has 2 N–H and O–H groups in total. The zero-order chi connectivity index (χ0) is 19.9. The third-order valence-corrected chi connectivity index (χ3v) is 5.64. The van der Waals surface area contributed by atoms with Crippen molar-refractivity contribution in [2.75, 3.05) is 31.2 Å². The Bertz CT molecular complexity index is 835. The van der Waals surface area contributed by atoms with Crippen LogP contribution in [0, 0.1) is 12.8 Å². The van der Waals surface area contributed by atoms with Crippen molar-refractivity contribution in [3.63, 3.8) is 0 Å². The van der Waals surface area contributed by atoms with Crippen molar-refractivity contribution < 1.29 is 9.59 Å². The molecule has 1 saturated heterocycles. The van der Waals surface area contributed by atoms with Gasteiger partial charge >= 0.3 is 6.03 Å². The van der Waals surface area contributed by atoms with Crippen LogP contribution in [0.15, 0.2) is 47.6 Å². The molecule has 7 heteroatoms. The molecule has 3 amide bonds. The lowest BCUT2D eigenvalue weighted by atomic mass is 9.96. The monoisotopic (exact) mass is 398 g/mol. The Balaban J connectivity index is 1.45. The van der Waals surface area contributed by atoms with Crippen molar-refractivity contribution in [3.05, 3.63) is 53.7 Å². The van der Waals surface area contributed by atoms with Crippen molar-refractivity contribution in [2.24, 2.45) is 5.92 Å². The fourth-order valence-electron chi connectivity index (χ4n) is 3.36. The van der Waals surface area contributed by atoms with Crippen LogP contribution in [-0.2, 0) is 0 Å². The summed E-state index contributed by atoms with van der Waals surface area (Å²) in [5.74, 6) is 0.419. The molecule has 1 aromatic carbocycles. The summed E-state index contributed by atoms with van der Waals surface area (Å²) >= 11 is 1.49. The number of hydrogen-bond acceptors (Lipinski definition) is 4. The van der Waals surface area contributed by atoms with Crippen molar-refractivity contribution >= 4 is 29.4 Å². The molecule has 1 aliphatic rings. The van der Waals surface area contributed by atoms with E-state index in [4.69, 9.17) is 0 Å². The van der Waals surface area contributed by atoms with Gasteiger partial charge in [-0.3, -0.25) is 4.79 Å². The molecule has 6 nitrogen and oxygen atoms in total. The van der Waals surface area contributed by atoms with Crippen LogP contribution >= 0.6 is 11.8 Å². The maximum atomic E-state index is 12.8. The number of rotatable bonds is 5. The molecular formula is C21H26N4O2S. The van der Waals surface area contributed by atoms with Gasteiger partial charge in [-0.25, -0.2) is 9.78 Å². The highest BCUT2D eigenvalue weighted by molar-refractivity contribution is 7.98. The van der Waals surface area contributed by atoms with Gasteiger partial charge in [-0.1, -0.05) is 12.1 Å². The first-order valence-corrected chi connectivity index (χ1v) is 10.7. The smallest absolute Gasteiger partial charge is 0.319 e. The van der Waals surface area contributed by atoms with Crippen LogP contribution in [0.4, 0.5) is 10.5 Å². The first-order chi connectivity index (χ1) is 13.6. The number of piperidine rings is 1. The number of aromatic nitrogens is 1. The summed E-state index contributed by atoms with van der Waals surface area (Å²) < 4.78 is 0. The van der Waals surface area contributed by atoms with Crippen LogP contribution in [-0.4, -0.2) is 47.7 Å². The number of urea groups is 1. The van der Waals surface area contributed by atoms with Crippen molar-refractivity contribution in [1.29, 1.82) is 0 Å². The molecular weight excluding hydrogens is 372 g/mol. The fourth-order valence-corrected chi connectivity index (χ4v) is 3.90. The van der Waals surface area contributed by atoms with E-state index in [9.17, 15) is 9.59 Å². The molecule has 28 heavy (non-hydrogen) atoms. The van der Waals surface area contributed by atoms with Crippen molar-refractivity contribution in [2.45, 2.75) is 24.8 Å². The normalized spacial score (nSPS) is 14.6. The topological polar surface area (TPSA) is 74.3 Å². The Kier molecular flexibility index (Phi) is 6.92. The van der Waals surface area contributed by atoms with Gasteiger partial charge in [-0.2, -0.15) is 0 Å². The van der Waals surface area contributed by atoms with Gasteiger partial charge in [0.2, 0.25) is 0 Å². The first kappa shape index (κ1) is 20.2. The van der Waals surface area contributed by atoms with Crippen LogP contribution in [0.25, 0.3) is 0 Å². The lowest BCUT2D eigenvalue weighted by Gasteiger charge is -2.32. The van der Waals surface area contributed by atoms with E-state index in [0.717, 1.165) is 29.1 Å². The summed E-state index contributed by atoms with van der Waals surface area (Å²) in [6.07, 6.45) is 5.40. The number of carbonyl (C=O) groups excluding carboxylic acids is 2.